The van der Waals surface area contributed by atoms with Gasteiger partial charge in [-0.3, -0.25) is 4.79 Å². The molecule has 3 aliphatic rings. The first-order chi connectivity index (χ1) is 14.6. The SMILES string of the molecule is Cc1c(OCC(=O)N2CCCC3(CCNC3)C2)ccc2c3c(c(=O)oc12)CCCC3.Cl. The van der Waals surface area contributed by atoms with Crippen LogP contribution in [0.15, 0.2) is 21.3 Å². The second kappa shape index (κ2) is 8.83. The van der Waals surface area contributed by atoms with E-state index in [4.69, 9.17) is 9.15 Å². The lowest BCUT2D eigenvalue weighted by atomic mass is 9.79. The summed E-state index contributed by atoms with van der Waals surface area (Å²) in [6, 6.07) is 3.90. The van der Waals surface area contributed by atoms with Gasteiger partial charge in [0.2, 0.25) is 0 Å². The van der Waals surface area contributed by atoms with Crippen LogP contribution in [0.3, 0.4) is 0 Å². The van der Waals surface area contributed by atoms with Gasteiger partial charge in [-0.25, -0.2) is 4.79 Å². The summed E-state index contributed by atoms with van der Waals surface area (Å²) in [7, 11) is 0. The van der Waals surface area contributed by atoms with Gasteiger partial charge in [-0.05, 0) is 76.1 Å². The normalized spacial score (nSPS) is 22.9. The Morgan fingerprint density at radius 2 is 2.00 bits per heavy atom. The summed E-state index contributed by atoms with van der Waals surface area (Å²) in [4.78, 5) is 27.3. The van der Waals surface area contributed by atoms with Crippen molar-refractivity contribution in [3.63, 3.8) is 0 Å². The van der Waals surface area contributed by atoms with Gasteiger partial charge in [-0.1, -0.05) is 0 Å². The van der Waals surface area contributed by atoms with Crippen molar-refractivity contribution in [3.05, 3.63) is 39.2 Å². The molecule has 6 nitrogen and oxygen atoms in total. The van der Waals surface area contributed by atoms with Gasteiger partial charge in [-0.15, -0.1) is 12.4 Å². The first-order valence-corrected chi connectivity index (χ1v) is 11.3. The zero-order valence-corrected chi connectivity index (χ0v) is 18.9. The monoisotopic (exact) mass is 446 g/mol. The fraction of sp³-hybridized carbons (Fsp3) is 0.583. The number of ether oxygens (including phenoxy) is 1. The molecular weight excluding hydrogens is 416 g/mol. The largest absolute Gasteiger partial charge is 0.483 e. The highest BCUT2D eigenvalue weighted by Crippen LogP contribution is 2.36. The van der Waals surface area contributed by atoms with Crippen LogP contribution in [-0.4, -0.2) is 43.6 Å². The van der Waals surface area contributed by atoms with Crippen molar-refractivity contribution in [3.8, 4) is 5.75 Å². The summed E-state index contributed by atoms with van der Waals surface area (Å²) < 4.78 is 11.6. The fourth-order valence-corrected chi connectivity index (χ4v) is 5.58. The zero-order valence-electron chi connectivity index (χ0n) is 18.1. The molecule has 2 aliphatic heterocycles. The molecule has 1 amide bonds. The lowest BCUT2D eigenvalue weighted by molar-refractivity contribution is -0.136. The van der Waals surface area contributed by atoms with Crippen LogP contribution >= 0.6 is 12.4 Å². The molecule has 5 rings (SSSR count). The van der Waals surface area contributed by atoms with E-state index in [9.17, 15) is 9.59 Å². The van der Waals surface area contributed by atoms with Crippen molar-refractivity contribution in [2.45, 2.75) is 51.9 Å². The molecule has 0 radical (unpaired) electrons. The van der Waals surface area contributed by atoms with Crippen molar-refractivity contribution in [1.82, 2.24) is 10.2 Å². The summed E-state index contributed by atoms with van der Waals surface area (Å²) in [5.74, 6) is 0.649. The Morgan fingerprint density at radius 1 is 1.19 bits per heavy atom. The minimum Gasteiger partial charge on any atom is -0.483 e. The summed E-state index contributed by atoms with van der Waals surface area (Å²) in [5.41, 5.74) is 3.37. The number of halogens is 1. The van der Waals surface area contributed by atoms with Crippen LogP contribution in [0, 0.1) is 12.3 Å². The molecule has 1 N–H and O–H groups in total. The third kappa shape index (κ3) is 4.08. The third-order valence-electron chi connectivity index (χ3n) is 7.29. The number of piperidine rings is 1. The predicted octanol–water partition coefficient (Wildman–Crippen LogP) is 3.38. The summed E-state index contributed by atoms with van der Waals surface area (Å²) in [6.45, 7) is 5.60. The van der Waals surface area contributed by atoms with Crippen LogP contribution in [0.1, 0.15) is 48.8 Å². The van der Waals surface area contributed by atoms with E-state index in [-0.39, 0.29) is 36.0 Å². The van der Waals surface area contributed by atoms with E-state index in [0.717, 1.165) is 86.8 Å². The molecule has 0 saturated carbocycles. The lowest BCUT2D eigenvalue weighted by Crippen LogP contribution is -2.48. The molecule has 1 aromatic carbocycles. The van der Waals surface area contributed by atoms with Crippen LogP contribution in [0.4, 0.5) is 0 Å². The molecule has 1 atom stereocenters. The average Bonchev–Trinajstić information content (AvgIpc) is 3.21. The molecule has 2 aromatic rings. The number of likely N-dealkylation sites (tertiary alicyclic amines) is 1. The number of benzene rings is 1. The molecule has 168 valence electrons. The molecular formula is C24H31ClN2O4. The second-order valence-corrected chi connectivity index (χ2v) is 9.25. The number of hydrogen-bond acceptors (Lipinski definition) is 5. The highest BCUT2D eigenvalue weighted by molar-refractivity contribution is 5.86. The minimum absolute atomic E-state index is 0. The van der Waals surface area contributed by atoms with Crippen molar-refractivity contribution in [2.24, 2.45) is 5.41 Å². The summed E-state index contributed by atoms with van der Waals surface area (Å²) in [5, 5.41) is 4.45. The summed E-state index contributed by atoms with van der Waals surface area (Å²) in [6.07, 6.45) is 7.25. The van der Waals surface area contributed by atoms with Gasteiger partial charge in [0.05, 0.1) is 0 Å². The number of nitrogens with zero attached hydrogens (tertiary/aromatic N) is 1. The highest BCUT2D eigenvalue weighted by atomic mass is 35.5. The van der Waals surface area contributed by atoms with E-state index in [1.165, 1.54) is 6.42 Å². The Bertz CT molecular complexity index is 1040. The number of aryl methyl sites for hydroxylation is 2. The standard InChI is InChI=1S/C24H30N2O4.ClH/c1-16-20(8-7-18-17-5-2-3-6-19(17)23(28)30-22(16)18)29-13-21(27)26-12-4-9-24(15-26)10-11-25-14-24;/h7-8,25H,2-6,9-15H2,1H3;1H. The molecule has 1 aromatic heterocycles. The van der Waals surface area contributed by atoms with Gasteiger partial charge in [0, 0.05) is 41.6 Å². The quantitative estimate of drug-likeness (QED) is 0.732. The zero-order chi connectivity index (χ0) is 20.7. The first-order valence-electron chi connectivity index (χ1n) is 11.3. The maximum Gasteiger partial charge on any atom is 0.339 e. The van der Waals surface area contributed by atoms with Crippen LogP contribution in [0.25, 0.3) is 11.0 Å². The Balaban J connectivity index is 0.00000231. The fourth-order valence-electron chi connectivity index (χ4n) is 5.58. The Morgan fingerprint density at radius 3 is 2.77 bits per heavy atom. The number of carbonyl (C=O) groups is 1. The van der Waals surface area contributed by atoms with Crippen molar-refractivity contribution >= 4 is 29.3 Å². The van der Waals surface area contributed by atoms with Gasteiger partial charge in [-0.2, -0.15) is 0 Å². The summed E-state index contributed by atoms with van der Waals surface area (Å²) >= 11 is 0. The van der Waals surface area contributed by atoms with E-state index in [1.54, 1.807) is 0 Å². The van der Waals surface area contributed by atoms with Crippen LogP contribution < -0.4 is 15.7 Å². The molecule has 7 heteroatoms. The van der Waals surface area contributed by atoms with Crippen molar-refractivity contribution in [2.75, 3.05) is 32.8 Å². The smallest absolute Gasteiger partial charge is 0.339 e. The Labute approximate surface area is 188 Å². The molecule has 1 unspecified atom stereocenters. The minimum atomic E-state index is -0.225. The van der Waals surface area contributed by atoms with Gasteiger partial charge < -0.3 is 19.4 Å². The predicted molar refractivity (Wildman–Crippen MR) is 122 cm³/mol. The molecule has 2 fully saturated rings. The maximum atomic E-state index is 12.8. The van der Waals surface area contributed by atoms with Crippen LogP contribution in [0.2, 0.25) is 0 Å². The van der Waals surface area contributed by atoms with Gasteiger partial charge in [0.25, 0.3) is 5.91 Å². The highest BCUT2D eigenvalue weighted by Gasteiger charge is 2.39. The lowest BCUT2D eigenvalue weighted by Gasteiger charge is -2.40. The molecule has 0 bridgehead atoms. The maximum absolute atomic E-state index is 12.8. The number of nitrogens with one attached hydrogen (secondary N) is 1. The first kappa shape index (κ1) is 22.2. The molecule has 3 heterocycles. The van der Waals surface area contributed by atoms with Crippen LogP contribution in [-0.2, 0) is 17.6 Å². The number of carbonyl (C=O) groups excluding carboxylic acids is 1. The molecule has 31 heavy (non-hydrogen) atoms. The average molecular weight is 447 g/mol. The van der Waals surface area contributed by atoms with Crippen molar-refractivity contribution < 1.29 is 13.9 Å². The van der Waals surface area contributed by atoms with Gasteiger partial charge in [0.1, 0.15) is 11.3 Å². The van der Waals surface area contributed by atoms with Gasteiger partial charge in [0.15, 0.2) is 6.61 Å². The Hall–Kier alpha value is -2.05. The van der Waals surface area contributed by atoms with E-state index in [1.807, 2.05) is 24.0 Å². The second-order valence-electron chi connectivity index (χ2n) is 9.25. The van der Waals surface area contributed by atoms with Crippen LogP contribution in [0.5, 0.6) is 5.75 Å². The van der Waals surface area contributed by atoms with E-state index in [0.29, 0.717) is 11.3 Å². The third-order valence-corrected chi connectivity index (χ3v) is 7.29. The van der Waals surface area contributed by atoms with E-state index < -0.39 is 0 Å². The number of amides is 1. The number of hydrogen-bond donors (Lipinski definition) is 1. The molecule has 1 spiro atoms. The van der Waals surface area contributed by atoms with E-state index >= 15 is 0 Å². The van der Waals surface area contributed by atoms with Crippen molar-refractivity contribution in [1.29, 1.82) is 0 Å². The molecule has 2 saturated heterocycles. The molecule has 1 aliphatic carbocycles. The topological polar surface area (TPSA) is 71.8 Å². The number of fused-ring (bicyclic) bond motifs is 3. The Kier molecular flexibility index (Phi) is 6.31. The van der Waals surface area contributed by atoms with Gasteiger partial charge >= 0.3 is 5.63 Å². The number of rotatable bonds is 3. The van der Waals surface area contributed by atoms with E-state index in [2.05, 4.69) is 5.32 Å².